The number of carboxylic acid groups (broad SMARTS) is 4. The number of benzene rings is 1. The highest BCUT2D eigenvalue weighted by Crippen LogP contribution is 2.26. The molecule has 33 nitrogen and oxygen atoms in total. The zero-order chi connectivity index (χ0) is 67.0. The molecule has 3 rings (SSSR count). The van der Waals surface area contributed by atoms with Gasteiger partial charge in [0.15, 0.2) is 11.2 Å². The Labute approximate surface area is 506 Å². The van der Waals surface area contributed by atoms with Crippen LogP contribution in [0.3, 0.4) is 0 Å². The normalized spacial score (nSPS) is 13.5. The SMILES string of the molecule is CC(=O)CC[C@H](NC(=O)CC[C@@H](NC(=O)c1ccc(N(Cc2cnc3nc(N)[nH]c(=O)c3n2)C(=O)C(F)(F)F)cc1)C(=O)O)C(=O)N[C@H](CCC(=O)O)C(=O)N[C@@H](CCC(C)=O)C(=O)N[C@H](CCC(=O)O)C(=O)N[C@@H](CCC(C)=O)C(=O)N[C@H](CS)C(=O)O. The molecule has 484 valence electrons. The summed E-state index contributed by atoms with van der Waals surface area (Å²) in [7, 11) is 0. The number of amides is 8. The van der Waals surface area contributed by atoms with E-state index >= 15 is 0 Å². The monoisotopic (exact) mass is 1280 g/mol. The van der Waals surface area contributed by atoms with Crippen molar-refractivity contribution in [2.75, 3.05) is 16.4 Å². The van der Waals surface area contributed by atoms with E-state index in [1.165, 1.54) is 0 Å². The van der Waals surface area contributed by atoms with Crippen LogP contribution in [-0.4, -0.2) is 183 Å². The van der Waals surface area contributed by atoms with E-state index in [0.29, 0.717) is 0 Å². The number of Topliss-reactive ketones (excluding diaryl/α,β-unsaturated/α-hetero) is 3. The zero-order valence-corrected chi connectivity index (χ0v) is 48.5. The summed E-state index contributed by atoms with van der Waals surface area (Å²) >= 11 is 3.87. The molecule has 2 heterocycles. The molecule has 0 radical (unpaired) electrons. The summed E-state index contributed by atoms with van der Waals surface area (Å²) in [6, 6.07) is -8.74. The Morgan fingerprint density at radius 2 is 0.955 bits per heavy atom. The fourth-order valence-electron chi connectivity index (χ4n) is 7.95. The van der Waals surface area contributed by atoms with Gasteiger partial charge < -0.3 is 77.8 Å². The lowest BCUT2D eigenvalue weighted by Gasteiger charge is -2.27. The smallest absolute Gasteiger partial charge is 0.471 e. The molecule has 1 aromatic carbocycles. The average Bonchev–Trinajstić information content (AvgIpc) is 1.48. The van der Waals surface area contributed by atoms with Crippen LogP contribution in [0.25, 0.3) is 11.2 Å². The number of carbonyl (C=O) groups is 15. The Hall–Kier alpha value is -9.97. The average molecular weight is 1280 g/mol. The lowest BCUT2D eigenvalue weighted by atomic mass is 10.0. The molecule has 37 heteroatoms. The fourth-order valence-corrected chi connectivity index (χ4v) is 8.19. The third kappa shape index (κ3) is 24.7. The van der Waals surface area contributed by atoms with Crippen LogP contribution < -0.4 is 53.4 Å². The van der Waals surface area contributed by atoms with Crippen LogP contribution in [-0.2, 0) is 73.7 Å². The molecule has 0 saturated heterocycles. The van der Waals surface area contributed by atoms with Crippen LogP contribution in [0, 0.1) is 0 Å². The molecular formula is C52H64F3N13O20S. The van der Waals surface area contributed by atoms with Crippen molar-refractivity contribution in [3.63, 3.8) is 0 Å². The minimum absolute atomic E-state index is 0.203. The van der Waals surface area contributed by atoms with Crippen LogP contribution in [0.4, 0.5) is 24.8 Å². The second-order valence-corrected chi connectivity index (χ2v) is 20.2. The van der Waals surface area contributed by atoms with Gasteiger partial charge in [0, 0.05) is 55.5 Å². The predicted octanol–water partition coefficient (Wildman–Crippen LogP) is -1.89. The number of carboxylic acids is 4. The van der Waals surface area contributed by atoms with Crippen LogP contribution in [0.1, 0.15) is 114 Å². The van der Waals surface area contributed by atoms with Gasteiger partial charge in [-0.15, -0.1) is 0 Å². The molecule has 14 N–H and O–H groups in total. The number of aromatic amines is 1. The Kier molecular flexibility index (Phi) is 28.3. The minimum atomic E-state index is -5.45. The molecule has 0 saturated carbocycles. The number of carbonyl (C=O) groups excluding carboxylic acids is 11. The Morgan fingerprint density at radius 1 is 0.562 bits per heavy atom. The van der Waals surface area contributed by atoms with E-state index in [0.717, 1.165) is 51.2 Å². The van der Waals surface area contributed by atoms with Gasteiger partial charge in [-0.1, -0.05) is 0 Å². The summed E-state index contributed by atoms with van der Waals surface area (Å²) in [5.41, 5.74) is 2.80. The number of fused-ring (bicyclic) bond motifs is 1. The maximum atomic E-state index is 14.0. The van der Waals surface area contributed by atoms with Crippen LogP contribution in [0.5, 0.6) is 0 Å². The molecule has 0 spiro atoms. The number of aromatic nitrogens is 4. The fraction of sp³-hybridized carbons (Fsp3) is 0.481. The van der Waals surface area contributed by atoms with Crippen molar-refractivity contribution in [3.8, 4) is 0 Å². The first kappa shape index (κ1) is 73.3. The van der Waals surface area contributed by atoms with E-state index < -0.39 is 237 Å². The van der Waals surface area contributed by atoms with Gasteiger partial charge in [-0.05, 0) is 83.6 Å². The van der Waals surface area contributed by atoms with E-state index in [1.54, 1.807) is 0 Å². The summed E-state index contributed by atoms with van der Waals surface area (Å²) in [4.78, 5) is 218. The number of alkyl halides is 3. The van der Waals surface area contributed by atoms with Gasteiger partial charge in [0.05, 0.1) is 18.4 Å². The number of rotatable bonds is 37. The molecule has 0 aliphatic heterocycles. The third-order valence-electron chi connectivity index (χ3n) is 12.6. The van der Waals surface area contributed by atoms with Gasteiger partial charge >= 0.3 is 36.0 Å². The summed E-state index contributed by atoms with van der Waals surface area (Å²) in [6.07, 6.45) is -11.7. The van der Waals surface area contributed by atoms with Crippen LogP contribution >= 0.6 is 12.6 Å². The highest BCUT2D eigenvalue weighted by Gasteiger charge is 2.43. The van der Waals surface area contributed by atoms with Crippen molar-refractivity contribution in [2.24, 2.45) is 0 Å². The van der Waals surface area contributed by atoms with Gasteiger partial charge in [-0.2, -0.15) is 30.8 Å². The number of halogens is 3. The Bertz CT molecular complexity index is 3260. The number of H-pyrrole nitrogens is 1. The molecule has 7 atom stereocenters. The maximum Gasteiger partial charge on any atom is 0.471 e. The number of anilines is 2. The number of nitrogens with two attached hydrogens (primary N) is 1. The Morgan fingerprint density at radius 3 is 1.34 bits per heavy atom. The van der Waals surface area contributed by atoms with E-state index in [1.807, 2.05) is 0 Å². The van der Waals surface area contributed by atoms with Gasteiger partial charge in [0.25, 0.3) is 11.5 Å². The van der Waals surface area contributed by atoms with E-state index in [4.69, 9.17) is 5.73 Å². The standard InChI is InChI=1S/C52H64F3N13O20S/c1-23(69)4-11-29(59-36(72)17-14-34(48(84)85)64-41(77)26-7-9-28(10-8-26)68(50(88)52(53,54)55)21-27-20-57-40-39(58-27)47(83)67-51(56)66-40)42(78)62-32(15-18-37(73)74)44(80)60-30(12-5-24(2)70)43(79)63-33(16-19-38(75)76)45(81)61-31(13-6-25(3)71)46(82)65-35(22-89)49(86)87/h7-10,20,29-35,89H,4-6,11-19,21-22H2,1-3H3,(H,59,72)(H,60,80)(H,61,81)(H,62,78)(H,63,79)(H,64,77)(H,65,82)(H,73,74)(H,75,76)(H,84,85)(H,86,87)(H3,56,57,66,67,83)/t29-,30-,31-,32+,33+,34+,35+/m0/s1. The molecule has 2 aromatic heterocycles. The number of thiol groups is 1. The van der Waals surface area contributed by atoms with Crippen molar-refractivity contribution in [2.45, 2.75) is 153 Å². The first-order valence-corrected chi connectivity index (χ1v) is 27.3. The first-order valence-electron chi connectivity index (χ1n) is 26.7. The number of nitrogens with one attached hydrogen (secondary N) is 8. The highest BCUT2D eigenvalue weighted by atomic mass is 32.1. The van der Waals surface area contributed by atoms with Crippen LogP contribution in [0.15, 0.2) is 35.3 Å². The van der Waals surface area contributed by atoms with Crippen molar-refractivity contribution < 1.29 is 106 Å². The number of ketones is 3. The topological polar surface area (TPSA) is 522 Å². The second-order valence-electron chi connectivity index (χ2n) is 19.9. The number of hydrogen-bond donors (Lipinski definition) is 14. The van der Waals surface area contributed by atoms with Gasteiger partial charge in [0.1, 0.15) is 59.6 Å². The van der Waals surface area contributed by atoms with E-state index in [-0.39, 0.29) is 34.2 Å². The third-order valence-corrected chi connectivity index (χ3v) is 13.0. The second kappa shape index (κ2) is 34.4. The quantitative estimate of drug-likeness (QED) is 0.0281. The summed E-state index contributed by atoms with van der Waals surface area (Å²) in [6.45, 7) is 2.45. The first-order chi connectivity index (χ1) is 41.6. The summed E-state index contributed by atoms with van der Waals surface area (Å²) in [5, 5.41) is 53.9. The molecule has 8 amide bonds. The number of nitrogen functional groups attached to an aromatic ring is 1. The maximum absolute atomic E-state index is 14.0. The summed E-state index contributed by atoms with van der Waals surface area (Å²) in [5.74, 6) is -19.2. The minimum Gasteiger partial charge on any atom is -0.481 e. The van der Waals surface area contributed by atoms with Crippen molar-refractivity contribution in [1.82, 2.24) is 57.2 Å². The molecule has 0 unspecified atom stereocenters. The van der Waals surface area contributed by atoms with Gasteiger partial charge in [0.2, 0.25) is 41.4 Å². The number of aliphatic carboxylic acids is 4. The lowest BCUT2D eigenvalue weighted by Crippen LogP contribution is -2.59. The molecule has 0 aliphatic rings. The largest absolute Gasteiger partial charge is 0.481 e. The Balaban J connectivity index is 1.83. The van der Waals surface area contributed by atoms with Gasteiger partial charge in [-0.25, -0.2) is 19.6 Å². The predicted molar refractivity (Wildman–Crippen MR) is 301 cm³/mol. The van der Waals surface area contributed by atoms with Gasteiger partial charge in [-0.3, -0.25) is 62.6 Å². The molecule has 0 aliphatic carbocycles. The molecule has 0 bridgehead atoms. The van der Waals surface area contributed by atoms with E-state index in [9.17, 15) is 110 Å². The number of hydrogen-bond acceptors (Lipinski definition) is 21. The summed E-state index contributed by atoms with van der Waals surface area (Å²) < 4.78 is 41.4. The van der Waals surface area contributed by atoms with Crippen molar-refractivity contribution in [1.29, 1.82) is 0 Å². The lowest BCUT2D eigenvalue weighted by molar-refractivity contribution is -0.170. The molecule has 3 aromatic rings. The zero-order valence-electron chi connectivity index (χ0n) is 47.6. The van der Waals surface area contributed by atoms with E-state index in [2.05, 4.69) is 69.8 Å². The molecule has 0 fully saturated rings. The number of nitrogens with zero attached hydrogens (tertiary/aromatic N) is 4. The van der Waals surface area contributed by atoms with Crippen molar-refractivity contribution >= 4 is 124 Å². The molecule has 89 heavy (non-hydrogen) atoms. The molecular weight excluding hydrogens is 1220 g/mol. The van der Waals surface area contributed by atoms with Crippen LogP contribution in [0.2, 0.25) is 0 Å². The van der Waals surface area contributed by atoms with Crippen molar-refractivity contribution in [3.05, 3.63) is 52.1 Å². The highest BCUT2D eigenvalue weighted by molar-refractivity contribution is 7.80.